The monoisotopic (exact) mass is 448 g/mol. The predicted molar refractivity (Wildman–Crippen MR) is 124 cm³/mol. The number of aromatic nitrogens is 1. The number of hydrogen-bond donors (Lipinski definition) is 4. The molecule has 0 spiro atoms. The van der Waals surface area contributed by atoms with Crippen LogP contribution < -0.4 is 0 Å². The van der Waals surface area contributed by atoms with Crippen LogP contribution in [0.1, 0.15) is 39.7 Å². The molecule has 1 heterocycles. The smallest absolute Gasteiger partial charge is 0.175 e. The number of Topliss-reactive ketones (excluding diaryl/α,β-unsaturated/α-hetero) is 1. The van der Waals surface area contributed by atoms with E-state index in [2.05, 4.69) is 10.1 Å². The number of H-pyrrole nitrogens is 1. The summed E-state index contributed by atoms with van der Waals surface area (Å²) in [6.07, 6.45) is -0.400. The number of ether oxygens (including phenoxy) is 1. The molecule has 1 aromatic heterocycles. The highest BCUT2D eigenvalue weighted by Crippen LogP contribution is 2.25. The van der Waals surface area contributed by atoms with Crippen LogP contribution in [-0.2, 0) is 20.8 Å². The van der Waals surface area contributed by atoms with Crippen LogP contribution in [0.4, 0.5) is 0 Å². The maximum Gasteiger partial charge on any atom is 0.175 e. The second kappa shape index (κ2) is 11.6. The number of nitrogens with one attached hydrogen (secondary N) is 1. The average molecular weight is 449 g/mol. The fourth-order valence-electron chi connectivity index (χ4n) is 3.79. The first-order valence-corrected chi connectivity index (χ1v) is 10.8. The van der Waals surface area contributed by atoms with Crippen LogP contribution in [0.5, 0.6) is 0 Å². The molecule has 0 amide bonds. The first-order chi connectivity index (χ1) is 15.1. The summed E-state index contributed by atoms with van der Waals surface area (Å²) < 4.78 is 5.48. The Morgan fingerprint density at radius 3 is 2.50 bits per heavy atom. The van der Waals surface area contributed by atoms with E-state index in [-0.39, 0.29) is 37.0 Å². The number of ketones is 1. The van der Waals surface area contributed by atoms with Crippen molar-refractivity contribution in [3.8, 4) is 0 Å². The van der Waals surface area contributed by atoms with E-state index in [1.165, 1.54) is 14.0 Å². The number of aromatic amines is 1. The van der Waals surface area contributed by atoms with Crippen molar-refractivity contribution in [2.24, 2.45) is 16.5 Å². The molecule has 0 unspecified atom stereocenters. The minimum Gasteiger partial charge on any atom is -0.396 e. The van der Waals surface area contributed by atoms with Gasteiger partial charge in [-0.1, -0.05) is 44.1 Å². The lowest BCUT2D eigenvalue weighted by molar-refractivity contribution is -0.124. The zero-order valence-electron chi connectivity index (χ0n) is 19.5. The van der Waals surface area contributed by atoms with Crippen molar-refractivity contribution >= 4 is 22.4 Å². The number of rotatable bonds is 12. The Kier molecular flexibility index (Phi) is 9.39. The second-order valence-electron chi connectivity index (χ2n) is 9.31. The topological polar surface area (TPSA) is 124 Å². The van der Waals surface area contributed by atoms with Crippen molar-refractivity contribution in [3.63, 3.8) is 0 Å². The molecule has 0 bridgehead atoms. The molecule has 32 heavy (non-hydrogen) atoms. The molecule has 0 aliphatic carbocycles. The van der Waals surface area contributed by atoms with Crippen molar-refractivity contribution in [2.45, 2.75) is 58.8 Å². The molecule has 4 atom stereocenters. The lowest BCUT2D eigenvalue weighted by Crippen LogP contribution is -2.46. The minimum absolute atomic E-state index is 0.125. The van der Waals surface area contributed by atoms with Crippen molar-refractivity contribution in [1.29, 1.82) is 0 Å². The van der Waals surface area contributed by atoms with Crippen molar-refractivity contribution in [1.82, 2.24) is 4.98 Å². The zero-order chi connectivity index (χ0) is 23.9. The van der Waals surface area contributed by atoms with Gasteiger partial charge in [0, 0.05) is 37.2 Å². The number of para-hydroxylation sites is 1. The molecule has 0 aliphatic rings. The summed E-state index contributed by atoms with van der Waals surface area (Å²) in [5, 5.41) is 35.0. The highest BCUT2D eigenvalue weighted by Gasteiger charge is 2.35. The normalized spacial score (nSPS) is 16.6. The van der Waals surface area contributed by atoms with Gasteiger partial charge < -0.3 is 29.9 Å². The molecule has 0 saturated heterocycles. The van der Waals surface area contributed by atoms with Gasteiger partial charge in [-0.05, 0) is 36.3 Å². The third kappa shape index (κ3) is 6.87. The SMILES string of the molecule is CO[C@H](/C(=N/OCC(=O)C[C@H](CO)Cc1c[nH]c2ccccc12)[C@@H](O)[C@@H](C)O)C(C)(C)C. The van der Waals surface area contributed by atoms with E-state index < -0.39 is 23.7 Å². The Hall–Kier alpha value is -2.26. The van der Waals surface area contributed by atoms with E-state index in [0.717, 1.165) is 16.5 Å². The van der Waals surface area contributed by atoms with Gasteiger partial charge in [0.2, 0.25) is 0 Å². The summed E-state index contributed by atoms with van der Waals surface area (Å²) >= 11 is 0. The molecule has 8 nitrogen and oxygen atoms in total. The fourth-order valence-corrected chi connectivity index (χ4v) is 3.79. The lowest BCUT2D eigenvalue weighted by Gasteiger charge is -2.32. The second-order valence-corrected chi connectivity index (χ2v) is 9.31. The van der Waals surface area contributed by atoms with Gasteiger partial charge in [0.15, 0.2) is 12.4 Å². The summed E-state index contributed by atoms with van der Waals surface area (Å²) in [5.74, 6) is -0.471. The fraction of sp³-hybridized carbons (Fsp3) is 0.583. The van der Waals surface area contributed by atoms with Crippen molar-refractivity contribution in [2.75, 3.05) is 20.3 Å². The molecule has 4 N–H and O–H groups in total. The van der Waals surface area contributed by atoms with Gasteiger partial charge in [-0.3, -0.25) is 4.79 Å². The van der Waals surface area contributed by atoms with E-state index in [4.69, 9.17) is 9.57 Å². The molecule has 178 valence electrons. The average Bonchev–Trinajstić information content (AvgIpc) is 3.14. The molecule has 2 rings (SSSR count). The quantitative estimate of drug-likeness (QED) is 0.292. The Morgan fingerprint density at radius 2 is 1.91 bits per heavy atom. The lowest BCUT2D eigenvalue weighted by atomic mass is 9.83. The number of methoxy groups -OCH3 is 1. The number of hydrogen-bond acceptors (Lipinski definition) is 7. The van der Waals surface area contributed by atoms with Crippen LogP contribution in [-0.4, -0.2) is 70.4 Å². The number of fused-ring (bicyclic) bond motifs is 1. The van der Waals surface area contributed by atoms with Crippen molar-refractivity contribution < 1.29 is 29.7 Å². The number of carbonyl (C=O) groups excluding carboxylic acids is 1. The number of aliphatic hydroxyl groups is 3. The van der Waals surface area contributed by atoms with Gasteiger partial charge in [-0.25, -0.2) is 0 Å². The summed E-state index contributed by atoms with van der Waals surface area (Å²) in [5.41, 5.74) is 1.76. The van der Waals surface area contributed by atoms with Crippen LogP contribution in [0.15, 0.2) is 35.6 Å². The summed E-state index contributed by atoms with van der Waals surface area (Å²) in [6, 6.07) is 7.89. The van der Waals surface area contributed by atoms with Gasteiger partial charge in [-0.15, -0.1) is 0 Å². The van der Waals surface area contributed by atoms with Gasteiger partial charge in [0.25, 0.3) is 0 Å². The van der Waals surface area contributed by atoms with Crippen LogP contribution in [0, 0.1) is 11.3 Å². The molecule has 0 saturated carbocycles. The number of aliphatic hydroxyl groups excluding tert-OH is 3. The van der Waals surface area contributed by atoms with Crippen LogP contribution in [0.3, 0.4) is 0 Å². The largest absolute Gasteiger partial charge is 0.396 e. The van der Waals surface area contributed by atoms with Crippen molar-refractivity contribution in [3.05, 3.63) is 36.0 Å². The van der Waals surface area contributed by atoms with Crippen LogP contribution in [0.25, 0.3) is 10.9 Å². The van der Waals surface area contributed by atoms with Gasteiger partial charge in [0.1, 0.15) is 17.9 Å². The Labute approximate surface area is 189 Å². The Bertz CT molecular complexity index is 899. The van der Waals surface area contributed by atoms with Crippen LogP contribution >= 0.6 is 0 Å². The predicted octanol–water partition coefficient (Wildman–Crippen LogP) is 2.45. The van der Waals surface area contributed by atoms with E-state index in [1.807, 2.05) is 51.2 Å². The zero-order valence-corrected chi connectivity index (χ0v) is 19.5. The van der Waals surface area contributed by atoms with Crippen LogP contribution in [0.2, 0.25) is 0 Å². The number of benzene rings is 1. The molecule has 0 aliphatic heterocycles. The third-order valence-electron chi connectivity index (χ3n) is 5.40. The third-order valence-corrected chi connectivity index (χ3v) is 5.40. The minimum atomic E-state index is -1.29. The van der Waals surface area contributed by atoms with E-state index in [1.54, 1.807) is 0 Å². The first kappa shape index (κ1) is 26.0. The molecular formula is C24H36N2O6. The molecule has 0 fully saturated rings. The summed E-state index contributed by atoms with van der Waals surface area (Å²) in [6.45, 7) is 6.74. The molecule has 2 aromatic rings. The highest BCUT2D eigenvalue weighted by molar-refractivity contribution is 5.93. The van der Waals surface area contributed by atoms with Gasteiger partial charge in [-0.2, -0.15) is 0 Å². The number of oxime groups is 1. The molecule has 0 radical (unpaired) electrons. The number of carbonyl (C=O) groups is 1. The maximum absolute atomic E-state index is 12.5. The Morgan fingerprint density at radius 1 is 1.22 bits per heavy atom. The van der Waals surface area contributed by atoms with E-state index in [0.29, 0.717) is 6.42 Å². The van der Waals surface area contributed by atoms with Gasteiger partial charge >= 0.3 is 0 Å². The Balaban J connectivity index is 2.02. The standard InChI is InChI=1S/C24H36N2O6/c1-15(28)22(30)21(23(31-5)24(2,3)4)26-32-14-18(29)11-16(13-27)10-17-12-25-20-9-7-6-8-19(17)20/h6-9,12,15-16,22-23,25,27-28,30H,10-11,13-14H2,1-5H3/b26-21+/t15-,16-,22+,23-/m1/s1. The molecule has 8 heteroatoms. The molecular weight excluding hydrogens is 412 g/mol. The number of nitrogens with zero attached hydrogens (tertiary/aromatic N) is 1. The summed E-state index contributed by atoms with van der Waals surface area (Å²) in [4.78, 5) is 20.9. The first-order valence-electron chi connectivity index (χ1n) is 10.8. The van der Waals surface area contributed by atoms with E-state index in [9.17, 15) is 20.1 Å². The highest BCUT2D eigenvalue weighted by atomic mass is 16.6. The van der Waals surface area contributed by atoms with E-state index >= 15 is 0 Å². The summed E-state index contributed by atoms with van der Waals surface area (Å²) in [7, 11) is 1.49. The van der Waals surface area contributed by atoms with Gasteiger partial charge in [0.05, 0.1) is 6.10 Å². The molecule has 1 aromatic carbocycles. The maximum atomic E-state index is 12.5.